The molecule has 0 saturated carbocycles. The Balaban J connectivity index is 2.10. The Labute approximate surface area is 161 Å². The molecule has 0 unspecified atom stereocenters. The van der Waals surface area contributed by atoms with Crippen molar-refractivity contribution >= 4 is 21.6 Å². The van der Waals surface area contributed by atoms with Gasteiger partial charge in [-0.3, -0.25) is 9.10 Å². The van der Waals surface area contributed by atoms with Crippen LogP contribution in [0, 0.1) is 0 Å². The molecule has 0 saturated heterocycles. The molecule has 0 aliphatic heterocycles. The largest absolute Gasteiger partial charge is 0.491 e. The van der Waals surface area contributed by atoms with Crippen LogP contribution < -0.4 is 14.4 Å². The average molecular weight is 391 g/mol. The molecule has 0 fully saturated rings. The number of ether oxygens (including phenoxy) is 1. The first-order valence-electron chi connectivity index (χ1n) is 8.76. The highest BCUT2D eigenvalue weighted by Gasteiger charge is 2.28. The number of hydrogen-bond donors (Lipinski definition) is 1. The van der Waals surface area contributed by atoms with E-state index in [-0.39, 0.29) is 18.6 Å². The fraction of sp³-hybridized carbons (Fsp3) is 0.350. The summed E-state index contributed by atoms with van der Waals surface area (Å²) < 4.78 is 31.2. The van der Waals surface area contributed by atoms with Crippen molar-refractivity contribution in [2.24, 2.45) is 0 Å². The van der Waals surface area contributed by atoms with Crippen molar-refractivity contribution in [2.45, 2.75) is 39.5 Å². The van der Waals surface area contributed by atoms with Crippen molar-refractivity contribution < 1.29 is 17.9 Å². The SMILES string of the molecule is CC(C)Oc1cccc(CNC(=O)[C@@H](C)N(c2ccccc2)S(C)(=O)=O)c1. The van der Waals surface area contributed by atoms with Gasteiger partial charge in [-0.1, -0.05) is 30.3 Å². The molecule has 7 heteroatoms. The first-order chi connectivity index (χ1) is 12.7. The maximum absolute atomic E-state index is 12.6. The number of carbonyl (C=O) groups is 1. The van der Waals surface area contributed by atoms with E-state index in [1.54, 1.807) is 37.3 Å². The van der Waals surface area contributed by atoms with Crippen molar-refractivity contribution in [1.29, 1.82) is 0 Å². The minimum atomic E-state index is -3.61. The molecule has 1 atom stereocenters. The Hall–Kier alpha value is -2.54. The van der Waals surface area contributed by atoms with Crippen LogP contribution in [0.3, 0.4) is 0 Å². The van der Waals surface area contributed by atoms with Crippen molar-refractivity contribution in [2.75, 3.05) is 10.6 Å². The highest BCUT2D eigenvalue weighted by atomic mass is 32.2. The van der Waals surface area contributed by atoms with Crippen LogP contribution in [0.2, 0.25) is 0 Å². The van der Waals surface area contributed by atoms with Crippen LogP contribution in [-0.2, 0) is 21.4 Å². The van der Waals surface area contributed by atoms with Crippen LogP contribution in [0.5, 0.6) is 5.75 Å². The van der Waals surface area contributed by atoms with Crippen LogP contribution in [0.4, 0.5) is 5.69 Å². The van der Waals surface area contributed by atoms with Gasteiger partial charge in [-0.25, -0.2) is 8.42 Å². The molecule has 0 heterocycles. The number of benzene rings is 2. The van der Waals surface area contributed by atoms with Gasteiger partial charge in [-0.05, 0) is 50.6 Å². The minimum Gasteiger partial charge on any atom is -0.491 e. The number of carbonyl (C=O) groups excluding carboxylic acids is 1. The first-order valence-corrected chi connectivity index (χ1v) is 10.6. The molecular formula is C20H26N2O4S. The summed E-state index contributed by atoms with van der Waals surface area (Å²) in [5.41, 5.74) is 1.33. The molecule has 0 bridgehead atoms. The van der Waals surface area contributed by atoms with Gasteiger partial charge in [0.15, 0.2) is 0 Å². The summed E-state index contributed by atoms with van der Waals surface area (Å²) in [5, 5.41) is 2.80. The molecule has 1 amide bonds. The molecule has 0 spiro atoms. The molecule has 146 valence electrons. The Morgan fingerprint density at radius 3 is 2.33 bits per heavy atom. The van der Waals surface area contributed by atoms with Gasteiger partial charge in [0.2, 0.25) is 15.9 Å². The van der Waals surface area contributed by atoms with Crippen molar-refractivity contribution in [3.8, 4) is 5.75 Å². The second-order valence-corrected chi connectivity index (χ2v) is 8.46. The van der Waals surface area contributed by atoms with Gasteiger partial charge in [-0.15, -0.1) is 0 Å². The molecule has 0 aliphatic carbocycles. The van der Waals surface area contributed by atoms with E-state index in [4.69, 9.17) is 4.74 Å². The first kappa shape index (κ1) is 20.8. The van der Waals surface area contributed by atoms with E-state index in [0.717, 1.165) is 21.9 Å². The monoisotopic (exact) mass is 390 g/mol. The maximum Gasteiger partial charge on any atom is 0.243 e. The third-order valence-corrected chi connectivity index (χ3v) is 5.08. The van der Waals surface area contributed by atoms with Gasteiger partial charge >= 0.3 is 0 Å². The van der Waals surface area contributed by atoms with Crippen LogP contribution in [-0.4, -0.2) is 32.7 Å². The zero-order valence-corrected chi connectivity index (χ0v) is 16.9. The average Bonchev–Trinajstić information content (AvgIpc) is 2.59. The molecule has 0 aromatic heterocycles. The number of nitrogens with one attached hydrogen (secondary N) is 1. The summed E-state index contributed by atoms with van der Waals surface area (Å²) >= 11 is 0. The fourth-order valence-electron chi connectivity index (χ4n) is 2.72. The maximum atomic E-state index is 12.6. The fourth-order valence-corrected chi connectivity index (χ4v) is 3.90. The van der Waals surface area contributed by atoms with E-state index in [0.29, 0.717) is 5.69 Å². The molecule has 2 aromatic rings. The number of nitrogens with zero attached hydrogens (tertiary/aromatic N) is 1. The minimum absolute atomic E-state index is 0.0593. The predicted molar refractivity (Wildman–Crippen MR) is 107 cm³/mol. The van der Waals surface area contributed by atoms with Gasteiger partial charge in [0.05, 0.1) is 18.0 Å². The summed E-state index contributed by atoms with van der Waals surface area (Å²) in [4.78, 5) is 12.6. The Kier molecular flexibility index (Phi) is 6.85. The van der Waals surface area contributed by atoms with Crippen LogP contribution in [0.15, 0.2) is 54.6 Å². The molecule has 27 heavy (non-hydrogen) atoms. The number of anilines is 1. The number of hydrogen-bond acceptors (Lipinski definition) is 4. The summed E-state index contributed by atoms with van der Waals surface area (Å²) in [6, 6.07) is 15.2. The lowest BCUT2D eigenvalue weighted by molar-refractivity contribution is -0.122. The van der Waals surface area contributed by atoms with Crippen LogP contribution >= 0.6 is 0 Å². The summed E-state index contributed by atoms with van der Waals surface area (Å²) in [6.07, 6.45) is 1.15. The van der Waals surface area contributed by atoms with E-state index < -0.39 is 16.1 Å². The van der Waals surface area contributed by atoms with Gasteiger partial charge < -0.3 is 10.1 Å². The van der Waals surface area contributed by atoms with Gasteiger partial charge in [0.1, 0.15) is 11.8 Å². The molecule has 0 aliphatic rings. The molecular weight excluding hydrogens is 364 g/mol. The lowest BCUT2D eigenvalue weighted by Gasteiger charge is -2.28. The Bertz CT molecular complexity index is 867. The molecule has 2 rings (SSSR count). The lowest BCUT2D eigenvalue weighted by atomic mass is 10.2. The number of rotatable bonds is 8. The Morgan fingerprint density at radius 2 is 1.74 bits per heavy atom. The molecule has 0 radical (unpaired) electrons. The third-order valence-electron chi connectivity index (χ3n) is 3.84. The van der Waals surface area contributed by atoms with Gasteiger partial charge in [0, 0.05) is 6.54 Å². The van der Waals surface area contributed by atoms with E-state index in [1.165, 1.54) is 0 Å². The number of amides is 1. The molecule has 1 N–H and O–H groups in total. The van der Waals surface area contributed by atoms with Crippen LogP contribution in [0.25, 0.3) is 0 Å². The van der Waals surface area contributed by atoms with Crippen molar-refractivity contribution in [3.05, 3.63) is 60.2 Å². The normalized spacial score (nSPS) is 12.5. The third kappa shape index (κ3) is 5.99. The van der Waals surface area contributed by atoms with Gasteiger partial charge in [-0.2, -0.15) is 0 Å². The second kappa shape index (κ2) is 8.90. The van der Waals surface area contributed by atoms with E-state index in [9.17, 15) is 13.2 Å². The van der Waals surface area contributed by atoms with E-state index >= 15 is 0 Å². The standard InChI is InChI=1S/C20H26N2O4S/c1-15(2)26-19-12-8-9-17(13-19)14-21-20(23)16(3)22(27(4,24)25)18-10-6-5-7-11-18/h5-13,15-16H,14H2,1-4H3,(H,21,23)/t16-/m1/s1. The zero-order valence-electron chi connectivity index (χ0n) is 16.0. The summed E-state index contributed by atoms with van der Waals surface area (Å²) in [5.74, 6) is 0.353. The lowest BCUT2D eigenvalue weighted by Crippen LogP contribution is -2.47. The molecule has 2 aromatic carbocycles. The van der Waals surface area contributed by atoms with Gasteiger partial charge in [0.25, 0.3) is 0 Å². The second-order valence-electron chi connectivity index (χ2n) is 6.60. The summed E-state index contributed by atoms with van der Waals surface area (Å²) in [6.45, 7) is 5.74. The smallest absolute Gasteiger partial charge is 0.243 e. The summed E-state index contributed by atoms with van der Waals surface area (Å²) in [7, 11) is -3.61. The highest BCUT2D eigenvalue weighted by molar-refractivity contribution is 7.92. The van der Waals surface area contributed by atoms with E-state index in [2.05, 4.69) is 5.32 Å². The van der Waals surface area contributed by atoms with E-state index in [1.807, 2.05) is 38.1 Å². The van der Waals surface area contributed by atoms with Crippen molar-refractivity contribution in [3.63, 3.8) is 0 Å². The predicted octanol–water partition coefficient (Wildman–Crippen LogP) is 2.94. The quantitative estimate of drug-likeness (QED) is 0.752. The topological polar surface area (TPSA) is 75.7 Å². The van der Waals surface area contributed by atoms with Crippen molar-refractivity contribution in [1.82, 2.24) is 5.32 Å². The molecule has 6 nitrogen and oxygen atoms in total. The zero-order chi connectivity index (χ0) is 20.0. The highest BCUT2D eigenvalue weighted by Crippen LogP contribution is 2.20. The number of sulfonamides is 1. The Morgan fingerprint density at radius 1 is 1.07 bits per heavy atom. The van der Waals surface area contributed by atoms with Crippen LogP contribution in [0.1, 0.15) is 26.3 Å². The number of para-hydroxylation sites is 1.